The Morgan fingerprint density at radius 2 is 0.750 bits per heavy atom. The van der Waals surface area contributed by atoms with Crippen LogP contribution in [0.5, 0.6) is 0 Å². The lowest BCUT2D eigenvalue weighted by Crippen LogP contribution is -2.42. The highest BCUT2D eigenvalue weighted by Crippen LogP contribution is 2.31. The maximum Gasteiger partial charge on any atom is 0.338 e. The third-order valence-electron chi connectivity index (χ3n) is 9.38. The van der Waals surface area contributed by atoms with Gasteiger partial charge in [-0.1, -0.05) is 106 Å². The predicted octanol–water partition coefficient (Wildman–Crippen LogP) is 9.79. The molecule has 0 heterocycles. The van der Waals surface area contributed by atoms with Gasteiger partial charge in [0.1, 0.15) is 24.4 Å². The van der Waals surface area contributed by atoms with Crippen LogP contribution in [-0.2, 0) is 18.9 Å². The summed E-state index contributed by atoms with van der Waals surface area (Å²) in [5.74, 6) is -1.55. The highest BCUT2D eigenvalue weighted by molar-refractivity contribution is 5.91. The van der Waals surface area contributed by atoms with Crippen LogP contribution in [0.2, 0.25) is 0 Å². The number of esters is 4. The second-order valence-electron chi connectivity index (χ2n) is 13.4. The Labute approximate surface area is 308 Å². The second-order valence-corrected chi connectivity index (χ2v) is 13.4. The third kappa shape index (κ3) is 12.5. The first-order valence-electron chi connectivity index (χ1n) is 17.9. The number of hydrogen-bond acceptors (Lipinski definition) is 8. The molecule has 4 aromatic rings. The van der Waals surface area contributed by atoms with Gasteiger partial charge in [-0.15, -0.1) is 0 Å². The van der Waals surface area contributed by atoms with Gasteiger partial charge >= 0.3 is 23.9 Å². The zero-order chi connectivity index (χ0) is 38.1. The van der Waals surface area contributed by atoms with Crippen molar-refractivity contribution >= 4 is 23.9 Å². The van der Waals surface area contributed by atoms with E-state index in [0.29, 0.717) is 22.3 Å². The number of unbranched alkanes of at least 4 members (excludes halogenated alkanes) is 1. The summed E-state index contributed by atoms with van der Waals surface area (Å²) in [6, 6.07) is 35.5. The quantitative estimate of drug-likeness (QED) is 0.0888. The molecule has 0 N–H and O–H groups in total. The first kappa shape index (κ1) is 41.2. The Hall–Kier alpha value is -5.24. The highest BCUT2D eigenvalue weighted by atomic mass is 16.6. The summed E-state index contributed by atoms with van der Waals surface area (Å²) < 4.78 is 22.5. The standard InChI is InChI=1S/C23H28O4.C21H24O4/c1-4-5-16-21(17(2)26-22(24)19-12-8-6-9-13-19)18(3)27-23(25)20-14-10-7-11-15-20;1-15(24-19(22)17-11-7-5-8-12-17)21(3,4)16(2)25-20(23)18-13-9-6-10-14-18/h6-15,17-18,21H,4-5,16H2,1-3H3;5-16H,1-4H3. The van der Waals surface area contributed by atoms with E-state index in [1.54, 1.807) is 97.1 Å². The van der Waals surface area contributed by atoms with E-state index >= 15 is 0 Å². The lowest BCUT2D eigenvalue weighted by Gasteiger charge is -2.36. The summed E-state index contributed by atoms with van der Waals surface area (Å²) in [6.45, 7) is 13.3. The Bertz CT molecular complexity index is 1550. The summed E-state index contributed by atoms with van der Waals surface area (Å²) in [4.78, 5) is 49.2. The molecule has 0 spiro atoms. The fourth-order valence-corrected chi connectivity index (χ4v) is 5.33. The van der Waals surface area contributed by atoms with E-state index in [-0.39, 0.29) is 42.0 Å². The molecule has 0 fully saturated rings. The van der Waals surface area contributed by atoms with Gasteiger partial charge < -0.3 is 18.9 Å². The van der Waals surface area contributed by atoms with Gasteiger partial charge in [0.2, 0.25) is 0 Å². The average Bonchev–Trinajstić information content (AvgIpc) is 3.16. The zero-order valence-electron chi connectivity index (χ0n) is 31.3. The van der Waals surface area contributed by atoms with E-state index in [0.717, 1.165) is 19.3 Å². The summed E-state index contributed by atoms with van der Waals surface area (Å²) >= 11 is 0. The van der Waals surface area contributed by atoms with Crippen molar-refractivity contribution in [3.8, 4) is 0 Å². The molecular weight excluding hydrogens is 656 g/mol. The first-order valence-corrected chi connectivity index (χ1v) is 17.9. The zero-order valence-corrected chi connectivity index (χ0v) is 31.3. The van der Waals surface area contributed by atoms with Crippen LogP contribution < -0.4 is 0 Å². The average molecular weight is 709 g/mol. The Morgan fingerprint density at radius 1 is 0.481 bits per heavy atom. The van der Waals surface area contributed by atoms with Gasteiger partial charge in [-0.25, -0.2) is 19.2 Å². The maximum absolute atomic E-state index is 12.4. The highest BCUT2D eigenvalue weighted by Gasteiger charge is 2.37. The second kappa shape index (κ2) is 20.6. The molecule has 4 rings (SSSR count). The van der Waals surface area contributed by atoms with E-state index in [2.05, 4.69) is 6.92 Å². The number of rotatable bonds is 15. The van der Waals surface area contributed by atoms with Crippen molar-refractivity contribution in [2.45, 2.75) is 92.1 Å². The molecule has 0 aromatic heterocycles. The van der Waals surface area contributed by atoms with Crippen LogP contribution >= 0.6 is 0 Å². The number of benzene rings is 4. The first-order chi connectivity index (χ1) is 24.8. The van der Waals surface area contributed by atoms with Crippen molar-refractivity contribution in [1.29, 1.82) is 0 Å². The van der Waals surface area contributed by atoms with Gasteiger partial charge in [0.15, 0.2) is 0 Å². The van der Waals surface area contributed by atoms with Crippen LogP contribution in [0, 0.1) is 11.3 Å². The van der Waals surface area contributed by atoms with Crippen LogP contribution in [0.15, 0.2) is 121 Å². The molecule has 8 heteroatoms. The van der Waals surface area contributed by atoms with Crippen LogP contribution in [0.25, 0.3) is 0 Å². The Balaban J connectivity index is 0.000000281. The van der Waals surface area contributed by atoms with Crippen molar-refractivity contribution in [2.75, 3.05) is 0 Å². The van der Waals surface area contributed by atoms with Gasteiger partial charge in [0, 0.05) is 11.3 Å². The summed E-state index contributed by atoms with van der Waals surface area (Å²) in [5.41, 5.74) is 1.49. The minimum atomic E-state index is -0.547. The summed E-state index contributed by atoms with van der Waals surface area (Å²) in [6.07, 6.45) is 1.24. The fourth-order valence-electron chi connectivity index (χ4n) is 5.33. The minimum absolute atomic E-state index is 0.0646. The lowest BCUT2D eigenvalue weighted by molar-refractivity contribution is -0.0591. The number of carbonyl (C=O) groups is 4. The fraction of sp³-hybridized carbons (Fsp3) is 0.364. The number of hydrogen-bond donors (Lipinski definition) is 0. The van der Waals surface area contributed by atoms with Crippen molar-refractivity contribution in [1.82, 2.24) is 0 Å². The molecule has 0 saturated heterocycles. The molecule has 0 aliphatic heterocycles. The normalized spacial score (nSPS) is 13.8. The van der Waals surface area contributed by atoms with Crippen LogP contribution in [0.1, 0.15) is 109 Å². The molecule has 4 aromatic carbocycles. The Kier molecular flexibility index (Phi) is 16.3. The van der Waals surface area contributed by atoms with E-state index in [1.165, 1.54) is 0 Å². The molecule has 276 valence electrons. The van der Waals surface area contributed by atoms with Crippen molar-refractivity contribution in [3.63, 3.8) is 0 Å². The van der Waals surface area contributed by atoms with Crippen molar-refractivity contribution < 1.29 is 38.1 Å². The minimum Gasteiger partial charge on any atom is -0.459 e. The predicted molar refractivity (Wildman–Crippen MR) is 202 cm³/mol. The number of ether oxygens (including phenoxy) is 4. The molecule has 4 atom stereocenters. The van der Waals surface area contributed by atoms with E-state index < -0.39 is 17.6 Å². The molecule has 4 unspecified atom stereocenters. The molecule has 0 bridgehead atoms. The monoisotopic (exact) mass is 708 g/mol. The van der Waals surface area contributed by atoms with Crippen LogP contribution in [0.3, 0.4) is 0 Å². The van der Waals surface area contributed by atoms with Gasteiger partial charge in [-0.05, 0) is 82.6 Å². The lowest BCUT2D eigenvalue weighted by atomic mass is 9.82. The summed E-state index contributed by atoms with van der Waals surface area (Å²) in [7, 11) is 0. The summed E-state index contributed by atoms with van der Waals surface area (Å²) in [5, 5.41) is 0. The van der Waals surface area contributed by atoms with Gasteiger partial charge in [0.25, 0.3) is 0 Å². The largest absolute Gasteiger partial charge is 0.459 e. The molecule has 52 heavy (non-hydrogen) atoms. The van der Waals surface area contributed by atoms with E-state index in [9.17, 15) is 19.2 Å². The molecule has 0 aliphatic rings. The SMILES string of the molecule is CC(OC(=O)c1ccccc1)C(C)(C)C(C)OC(=O)c1ccccc1.CCCCC(C(C)OC(=O)c1ccccc1)C(C)OC(=O)c1ccccc1. The van der Waals surface area contributed by atoms with Gasteiger partial charge in [-0.3, -0.25) is 0 Å². The molecule has 0 radical (unpaired) electrons. The number of carbonyl (C=O) groups excluding carboxylic acids is 4. The van der Waals surface area contributed by atoms with Crippen LogP contribution in [-0.4, -0.2) is 48.3 Å². The topological polar surface area (TPSA) is 105 Å². The molecular formula is C44H52O8. The van der Waals surface area contributed by atoms with E-state index in [1.807, 2.05) is 65.8 Å². The third-order valence-corrected chi connectivity index (χ3v) is 9.38. The van der Waals surface area contributed by atoms with Crippen LogP contribution in [0.4, 0.5) is 0 Å². The Morgan fingerprint density at radius 3 is 1.02 bits per heavy atom. The van der Waals surface area contributed by atoms with E-state index in [4.69, 9.17) is 18.9 Å². The smallest absolute Gasteiger partial charge is 0.338 e. The van der Waals surface area contributed by atoms with Gasteiger partial charge in [-0.2, -0.15) is 0 Å². The molecule has 8 nitrogen and oxygen atoms in total. The molecule has 0 saturated carbocycles. The molecule has 0 amide bonds. The molecule has 0 aliphatic carbocycles. The van der Waals surface area contributed by atoms with Gasteiger partial charge in [0.05, 0.1) is 22.3 Å². The van der Waals surface area contributed by atoms with Crippen molar-refractivity contribution in [2.24, 2.45) is 11.3 Å². The van der Waals surface area contributed by atoms with Crippen molar-refractivity contribution in [3.05, 3.63) is 144 Å². The maximum atomic E-state index is 12.4.